The molecule has 3 heterocycles. The Balaban J connectivity index is 0.00000289. The highest BCUT2D eigenvalue weighted by Crippen LogP contribution is 2.60. The number of nitrogens with zero attached hydrogens (tertiary/aromatic N) is 2. The van der Waals surface area contributed by atoms with E-state index in [1.165, 1.54) is 19.9 Å². The van der Waals surface area contributed by atoms with Gasteiger partial charge in [-0.15, -0.1) is 0 Å². The summed E-state index contributed by atoms with van der Waals surface area (Å²) in [6.45, 7) is 2.57. The summed E-state index contributed by atoms with van der Waals surface area (Å²) < 4.78 is 73.0. The standard InChI is InChI=1S/C19H11F5N2O5.CH4/c1-17-5-8(16(29)30-24)18(2,31-17)12-11(17)14(27)26(15(12)28)9-4-3-7(6-25)10(13(9)20)19(21,22)23;/h3-5,11-12H,1-2H3;1H4. The van der Waals surface area contributed by atoms with Gasteiger partial charge in [0.05, 0.1) is 40.3 Å². The first-order chi connectivity index (χ1) is 14.3. The molecule has 0 aromatic heterocycles. The number of amides is 2. The molecule has 3 aliphatic rings. The summed E-state index contributed by atoms with van der Waals surface area (Å²) in [7, 11) is 0. The molecule has 0 N–H and O–H groups in total. The summed E-state index contributed by atoms with van der Waals surface area (Å²) >= 11 is 0. The zero-order valence-electron chi connectivity index (χ0n) is 15.7. The number of imide groups is 1. The molecule has 170 valence electrons. The Kier molecular flexibility index (Phi) is 4.98. The number of nitriles is 1. The van der Waals surface area contributed by atoms with E-state index in [1.54, 1.807) is 0 Å². The van der Waals surface area contributed by atoms with Crippen LogP contribution in [0.15, 0.2) is 23.8 Å². The van der Waals surface area contributed by atoms with E-state index in [0.29, 0.717) is 6.07 Å². The number of rotatable bonds is 2. The van der Waals surface area contributed by atoms with Crippen molar-refractivity contribution in [3.05, 3.63) is 40.7 Å². The van der Waals surface area contributed by atoms with Gasteiger partial charge in [-0.2, -0.15) is 18.4 Å². The number of carbonyl (C=O) groups excluding carboxylic acids is 3. The molecule has 0 radical (unpaired) electrons. The molecule has 1 aromatic carbocycles. The molecule has 2 amide bonds. The third-order valence-corrected chi connectivity index (χ3v) is 5.97. The number of alkyl halides is 3. The summed E-state index contributed by atoms with van der Waals surface area (Å²) in [6, 6.07) is 2.59. The second-order valence-electron chi connectivity index (χ2n) is 7.71. The first kappa shape index (κ1) is 23.3. The molecule has 2 saturated heterocycles. The predicted octanol–water partition coefficient (Wildman–Crippen LogP) is 3.37. The lowest BCUT2D eigenvalue weighted by molar-refractivity contribution is -0.180. The van der Waals surface area contributed by atoms with E-state index in [1.807, 2.05) is 0 Å². The van der Waals surface area contributed by atoms with E-state index in [2.05, 4.69) is 4.94 Å². The van der Waals surface area contributed by atoms with E-state index in [0.717, 1.165) is 12.1 Å². The van der Waals surface area contributed by atoms with Crippen molar-refractivity contribution in [1.29, 1.82) is 5.26 Å². The Hall–Kier alpha value is -3.33. The fraction of sp³-hybridized carbons (Fsp3) is 0.400. The Morgan fingerprint density at radius 1 is 1.22 bits per heavy atom. The number of fused-ring (bicyclic) bond motifs is 5. The number of benzene rings is 1. The Bertz CT molecular complexity index is 1140. The first-order valence-corrected chi connectivity index (χ1v) is 8.76. The van der Waals surface area contributed by atoms with Crippen LogP contribution in [0.5, 0.6) is 0 Å². The molecule has 1 aromatic rings. The van der Waals surface area contributed by atoms with Crippen molar-refractivity contribution in [3.63, 3.8) is 0 Å². The molecule has 4 unspecified atom stereocenters. The number of hydrogen-bond acceptors (Lipinski definition) is 6. The van der Waals surface area contributed by atoms with Gasteiger partial charge < -0.3 is 4.74 Å². The van der Waals surface area contributed by atoms with Gasteiger partial charge in [0.1, 0.15) is 11.2 Å². The van der Waals surface area contributed by atoms with E-state index in [-0.39, 0.29) is 17.9 Å². The summed E-state index contributed by atoms with van der Waals surface area (Å²) in [5, 5.41) is 8.89. The lowest BCUT2D eigenvalue weighted by atomic mass is 9.69. The second kappa shape index (κ2) is 6.83. The average Bonchev–Trinajstić information content (AvgIpc) is 3.21. The van der Waals surface area contributed by atoms with Crippen molar-refractivity contribution in [1.82, 2.24) is 0 Å². The van der Waals surface area contributed by atoms with Crippen LogP contribution in [0.25, 0.3) is 0 Å². The van der Waals surface area contributed by atoms with Crippen molar-refractivity contribution < 1.29 is 46.1 Å². The third-order valence-electron chi connectivity index (χ3n) is 5.97. The van der Waals surface area contributed by atoms with Gasteiger partial charge in [-0.25, -0.2) is 19.0 Å². The maximum atomic E-state index is 14.9. The van der Waals surface area contributed by atoms with E-state index < -0.39 is 69.6 Å². The van der Waals surface area contributed by atoms with Gasteiger partial charge in [0.25, 0.3) is 0 Å². The maximum Gasteiger partial charge on any atom is 0.420 e. The molecule has 32 heavy (non-hydrogen) atoms. The zero-order chi connectivity index (χ0) is 23.1. The molecule has 0 saturated carbocycles. The van der Waals surface area contributed by atoms with Crippen molar-refractivity contribution in [2.75, 3.05) is 4.90 Å². The molecule has 0 spiro atoms. The molecule has 2 bridgehead atoms. The molecular weight excluding hydrogens is 443 g/mol. The number of ether oxygens (including phenoxy) is 1. The van der Waals surface area contributed by atoms with Crippen molar-refractivity contribution in [2.24, 2.45) is 11.8 Å². The summed E-state index contributed by atoms with van der Waals surface area (Å²) in [5.74, 6) is -8.34. The minimum absolute atomic E-state index is 0. The smallest absolute Gasteiger partial charge is 0.358 e. The van der Waals surface area contributed by atoms with Gasteiger partial charge in [0.2, 0.25) is 11.8 Å². The lowest BCUT2D eigenvalue weighted by Crippen LogP contribution is -2.43. The van der Waals surface area contributed by atoms with Gasteiger partial charge >= 0.3 is 12.1 Å². The van der Waals surface area contributed by atoms with Gasteiger partial charge in [-0.05, 0) is 32.1 Å². The van der Waals surface area contributed by atoms with Gasteiger partial charge in [-0.1, -0.05) is 7.43 Å². The molecule has 12 heteroatoms. The topological polar surface area (TPSA) is 96.7 Å². The second-order valence-corrected chi connectivity index (χ2v) is 7.71. The highest BCUT2D eigenvalue weighted by molar-refractivity contribution is 6.24. The number of anilines is 1. The molecule has 2 fully saturated rings. The maximum absolute atomic E-state index is 14.9. The Morgan fingerprint density at radius 3 is 2.34 bits per heavy atom. The lowest BCUT2D eigenvalue weighted by Gasteiger charge is -2.28. The molecule has 4 atom stereocenters. The van der Waals surface area contributed by atoms with Crippen LogP contribution in [0.2, 0.25) is 0 Å². The van der Waals surface area contributed by atoms with Crippen LogP contribution < -0.4 is 4.90 Å². The normalized spacial score (nSPS) is 30.6. The molecule has 7 nitrogen and oxygen atoms in total. The summed E-state index contributed by atoms with van der Waals surface area (Å²) in [5.41, 5.74) is -7.71. The molecule has 3 aliphatic heterocycles. The molecule has 4 rings (SSSR count). The number of hydrogen-bond donors (Lipinski definition) is 0. The Labute approximate surface area is 177 Å². The van der Waals surface area contributed by atoms with Gasteiger partial charge in [-0.3, -0.25) is 9.59 Å². The minimum Gasteiger partial charge on any atom is -0.358 e. The summed E-state index contributed by atoms with van der Waals surface area (Å²) in [6.07, 6.45) is -4.16. The predicted molar refractivity (Wildman–Crippen MR) is 95.5 cm³/mol. The quantitative estimate of drug-likeness (QED) is 0.498. The highest BCUT2D eigenvalue weighted by Gasteiger charge is 2.74. The number of carbonyl (C=O) groups is 3. The van der Waals surface area contributed by atoms with Crippen LogP contribution in [0.1, 0.15) is 32.4 Å². The monoisotopic (exact) mass is 458 g/mol. The summed E-state index contributed by atoms with van der Waals surface area (Å²) in [4.78, 5) is 41.4. The first-order valence-electron chi connectivity index (χ1n) is 8.76. The van der Waals surface area contributed by atoms with Gasteiger partial charge in [0.15, 0.2) is 5.82 Å². The van der Waals surface area contributed by atoms with Crippen LogP contribution in [-0.4, -0.2) is 29.0 Å². The Morgan fingerprint density at radius 2 is 1.81 bits per heavy atom. The minimum atomic E-state index is -5.27. The van der Waals surface area contributed by atoms with Crippen molar-refractivity contribution >= 4 is 23.5 Å². The SMILES string of the molecule is C.CC12C=C(C(=O)OF)C(C)(O1)C1C(=O)N(c3ccc(C#N)c(C(F)(F)F)c3F)C(=O)C12. The molecule has 0 aliphatic carbocycles. The fourth-order valence-corrected chi connectivity index (χ4v) is 4.81. The van der Waals surface area contributed by atoms with E-state index >= 15 is 0 Å². The van der Waals surface area contributed by atoms with E-state index in [9.17, 15) is 36.5 Å². The number of halogens is 5. The van der Waals surface area contributed by atoms with Crippen molar-refractivity contribution in [3.8, 4) is 6.07 Å². The van der Waals surface area contributed by atoms with Crippen molar-refractivity contribution in [2.45, 2.75) is 38.7 Å². The average molecular weight is 458 g/mol. The van der Waals surface area contributed by atoms with Crippen LogP contribution in [0, 0.1) is 29.0 Å². The van der Waals surface area contributed by atoms with E-state index in [4.69, 9.17) is 10.00 Å². The van der Waals surface area contributed by atoms with Crippen LogP contribution in [0.4, 0.5) is 27.8 Å². The highest BCUT2D eigenvalue weighted by atomic mass is 19.4. The zero-order valence-corrected chi connectivity index (χ0v) is 15.7. The van der Waals surface area contributed by atoms with Crippen LogP contribution >= 0.6 is 0 Å². The van der Waals surface area contributed by atoms with Gasteiger partial charge in [0, 0.05) is 4.53 Å². The van der Waals surface area contributed by atoms with Crippen LogP contribution in [0.3, 0.4) is 0 Å². The largest absolute Gasteiger partial charge is 0.420 e. The molecular formula is C20H15F5N2O5. The fourth-order valence-electron chi connectivity index (χ4n) is 4.81. The third kappa shape index (κ3) is 2.70. The van der Waals surface area contributed by atoms with Crippen LogP contribution in [-0.2, 0) is 30.2 Å².